The van der Waals surface area contributed by atoms with Crippen molar-refractivity contribution in [2.75, 3.05) is 5.73 Å². The third kappa shape index (κ3) is 5.07. The van der Waals surface area contributed by atoms with Crippen LogP contribution in [-0.4, -0.2) is 16.7 Å². The number of nitrogens with one attached hydrogen (secondary N) is 1. The lowest BCUT2D eigenvalue weighted by Crippen LogP contribution is -2.46. The Bertz CT molecular complexity index is 463. The van der Waals surface area contributed by atoms with Gasteiger partial charge in [-0.15, -0.1) is 11.8 Å². The van der Waals surface area contributed by atoms with Crippen LogP contribution in [0.4, 0.5) is 5.69 Å². The summed E-state index contributed by atoms with van der Waals surface area (Å²) >= 11 is 4.85. The lowest BCUT2D eigenvalue weighted by Gasteiger charge is -2.26. The number of hydrogen-bond acceptors (Lipinski definition) is 3. The normalized spacial score (nSPS) is 13.1. The Kier molecular flexibility index (Phi) is 5.74. The van der Waals surface area contributed by atoms with Crippen LogP contribution in [0.25, 0.3) is 0 Å². The van der Waals surface area contributed by atoms with Gasteiger partial charge in [0.1, 0.15) is 0 Å². The smallest absolute Gasteiger partial charge is 0.233 e. The van der Waals surface area contributed by atoms with E-state index in [-0.39, 0.29) is 16.7 Å². The molecule has 0 radical (unpaired) electrons. The highest BCUT2D eigenvalue weighted by Gasteiger charge is 2.22. The van der Waals surface area contributed by atoms with Gasteiger partial charge in [-0.2, -0.15) is 0 Å². The average molecular weight is 345 g/mol. The molecular formula is C14H21BrN2OS. The van der Waals surface area contributed by atoms with Crippen molar-refractivity contribution < 1.29 is 4.79 Å². The number of nitrogens with two attached hydrogens (primary N) is 1. The fourth-order valence-electron chi connectivity index (χ4n) is 1.39. The van der Waals surface area contributed by atoms with Gasteiger partial charge in [-0.1, -0.05) is 22.9 Å². The second-order valence-electron chi connectivity index (χ2n) is 5.17. The molecule has 0 saturated heterocycles. The summed E-state index contributed by atoms with van der Waals surface area (Å²) in [6.07, 6.45) is 0.899. The van der Waals surface area contributed by atoms with Gasteiger partial charge >= 0.3 is 0 Å². The van der Waals surface area contributed by atoms with Gasteiger partial charge in [-0.05, 0) is 45.4 Å². The standard InChI is InChI=1S/C14H21BrN2OS/c1-5-14(3,4)17-13(18)9(2)19-12-7-6-10(15)8-11(12)16/h6-9H,5,16H2,1-4H3,(H,17,18). The van der Waals surface area contributed by atoms with Gasteiger partial charge in [0.2, 0.25) is 5.91 Å². The van der Waals surface area contributed by atoms with Crippen molar-refractivity contribution in [3.63, 3.8) is 0 Å². The van der Waals surface area contributed by atoms with E-state index in [1.165, 1.54) is 11.8 Å². The second kappa shape index (κ2) is 6.66. The molecule has 0 aliphatic rings. The first-order valence-corrected chi connectivity index (χ1v) is 7.96. The highest BCUT2D eigenvalue weighted by atomic mass is 79.9. The summed E-state index contributed by atoms with van der Waals surface area (Å²) in [5.41, 5.74) is 6.46. The molecule has 19 heavy (non-hydrogen) atoms. The molecule has 0 aliphatic carbocycles. The molecule has 0 saturated carbocycles. The predicted octanol–water partition coefficient (Wildman–Crippen LogP) is 3.82. The summed E-state index contributed by atoms with van der Waals surface area (Å²) in [6, 6.07) is 5.71. The van der Waals surface area contributed by atoms with E-state index in [0.29, 0.717) is 5.69 Å². The molecule has 0 aliphatic heterocycles. The number of thioether (sulfide) groups is 1. The number of benzene rings is 1. The van der Waals surface area contributed by atoms with Crippen molar-refractivity contribution in [1.29, 1.82) is 0 Å². The van der Waals surface area contributed by atoms with Crippen molar-refractivity contribution in [2.45, 2.75) is 49.8 Å². The zero-order valence-electron chi connectivity index (χ0n) is 11.8. The average Bonchev–Trinajstić information content (AvgIpc) is 2.32. The fraction of sp³-hybridized carbons (Fsp3) is 0.500. The van der Waals surface area contributed by atoms with Crippen molar-refractivity contribution >= 4 is 39.3 Å². The maximum atomic E-state index is 12.1. The van der Waals surface area contributed by atoms with Gasteiger partial charge < -0.3 is 11.1 Å². The summed E-state index contributed by atoms with van der Waals surface area (Å²) in [6.45, 7) is 8.00. The molecule has 1 unspecified atom stereocenters. The molecule has 1 aromatic rings. The number of carbonyl (C=O) groups excluding carboxylic acids is 1. The maximum Gasteiger partial charge on any atom is 0.233 e. The summed E-state index contributed by atoms with van der Waals surface area (Å²) < 4.78 is 0.943. The topological polar surface area (TPSA) is 55.1 Å². The van der Waals surface area contributed by atoms with Crippen molar-refractivity contribution in [3.05, 3.63) is 22.7 Å². The Hall–Kier alpha value is -0.680. The molecule has 106 valence electrons. The minimum Gasteiger partial charge on any atom is -0.398 e. The molecule has 0 bridgehead atoms. The molecule has 1 rings (SSSR count). The predicted molar refractivity (Wildman–Crippen MR) is 86.4 cm³/mol. The molecular weight excluding hydrogens is 324 g/mol. The quantitative estimate of drug-likeness (QED) is 0.630. The molecule has 5 heteroatoms. The lowest BCUT2D eigenvalue weighted by atomic mass is 10.0. The molecule has 3 N–H and O–H groups in total. The third-order valence-corrected chi connectivity index (χ3v) is 4.68. The zero-order valence-corrected chi connectivity index (χ0v) is 14.2. The number of anilines is 1. The lowest BCUT2D eigenvalue weighted by molar-refractivity contribution is -0.121. The Labute approximate surface area is 127 Å². The van der Waals surface area contributed by atoms with E-state index < -0.39 is 0 Å². The monoisotopic (exact) mass is 344 g/mol. The molecule has 1 aromatic carbocycles. The van der Waals surface area contributed by atoms with E-state index in [1.54, 1.807) is 0 Å². The van der Waals surface area contributed by atoms with Gasteiger partial charge in [-0.25, -0.2) is 0 Å². The number of nitrogen functional groups attached to an aromatic ring is 1. The Morgan fingerprint density at radius 1 is 1.53 bits per heavy atom. The van der Waals surface area contributed by atoms with E-state index in [1.807, 2.05) is 39.0 Å². The van der Waals surface area contributed by atoms with Crippen molar-refractivity contribution in [2.24, 2.45) is 0 Å². The highest BCUT2D eigenvalue weighted by molar-refractivity contribution is 9.10. The van der Waals surface area contributed by atoms with E-state index in [9.17, 15) is 4.79 Å². The third-order valence-electron chi connectivity index (χ3n) is 2.99. The molecule has 0 fully saturated rings. The van der Waals surface area contributed by atoms with Crippen LogP contribution in [0.15, 0.2) is 27.6 Å². The van der Waals surface area contributed by atoms with E-state index in [2.05, 4.69) is 28.2 Å². The van der Waals surface area contributed by atoms with Gasteiger partial charge in [-0.3, -0.25) is 4.79 Å². The maximum absolute atomic E-state index is 12.1. The largest absolute Gasteiger partial charge is 0.398 e. The highest BCUT2D eigenvalue weighted by Crippen LogP contribution is 2.31. The number of amides is 1. The number of hydrogen-bond donors (Lipinski definition) is 2. The van der Waals surface area contributed by atoms with Crippen LogP contribution in [-0.2, 0) is 4.79 Å². The number of halogens is 1. The SMILES string of the molecule is CCC(C)(C)NC(=O)C(C)Sc1ccc(Br)cc1N. The Morgan fingerprint density at radius 2 is 2.16 bits per heavy atom. The molecule has 0 spiro atoms. The van der Waals surface area contributed by atoms with Gasteiger partial charge in [0, 0.05) is 20.6 Å². The van der Waals surface area contributed by atoms with Crippen LogP contribution in [0.1, 0.15) is 34.1 Å². The minimum absolute atomic E-state index is 0.0409. The van der Waals surface area contributed by atoms with E-state index in [4.69, 9.17) is 5.73 Å². The summed E-state index contributed by atoms with van der Waals surface area (Å²) in [5.74, 6) is 0.0409. The van der Waals surface area contributed by atoms with Crippen LogP contribution >= 0.6 is 27.7 Å². The molecule has 0 heterocycles. The summed E-state index contributed by atoms with van der Waals surface area (Å²) in [4.78, 5) is 13.0. The van der Waals surface area contributed by atoms with Crippen LogP contribution in [0.5, 0.6) is 0 Å². The Morgan fingerprint density at radius 3 is 2.68 bits per heavy atom. The molecule has 1 atom stereocenters. The minimum atomic E-state index is -0.172. The second-order valence-corrected chi connectivity index (χ2v) is 7.47. The summed E-state index contributed by atoms with van der Waals surface area (Å²) in [5, 5.41) is 2.88. The van der Waals surface area contributed by atoms with Gasteiger partial charge in [0.25, 0.3) is 0 Å². The molecule has 1 amide bonds. The number of carbonyl (C=O) groups is 1. The first-order chi connectivity index (χ1) is 8.75. The number of rotatable bonds is 5. The van der Waals surface area contributed by atoms with Crippen LogP contribution in [0, 0.1) is 0 Å². The van der Waals surface area contributed by atoms with Crippen LogP contribution in [0.2, 0.25) is 0 Å². The van der Waals surface area contributed by atoms with Crippen LogP contribution in [0.3, 0.4) is 0 Å². The van der Waals surface area contributed by atoms with Gasteiger partial charge in [0.05, 0.1) is 5.25 Å². The van der Waals surface area contributed by atoms with E-state index >= 15 is 0 Å². The van der Waals surface area contributed by atoms with Crippen molar-refractivity contribution in [1.82, 2.24) is 5.32 Å². The fourth-order valence-corrected chi connectivity index (χ4v) is 2.66. The van der Waals surface area contributed by atoms with E-state index in [0.717, 1.165) is 15.8 Å². The molecule has 0 aromatic heterocycles. The van der Waals surface area contributed by atoms with Crippen molar-refractivity contribution in [3.8, 4) is 0 Å². The van der Waals surface area contributed by atoms with Crippen LogP contribution < -0.4 is 11.1 Å². The first-order valence-electron chi connectivity index (χ1n) is 6.29. The van der Waals surface area contributed by atoms with Gasteiger partial charge in [0.15, 0.2) is 0 Å². The Balaban J connectivity index is 2.69. The zero-order chi connectivity index (χ0) is 14.6. The molecule has 3 nitrogen and oxygen atoms in total. The first kappa shape index (κ1) is 16.4. The summed E-state index contributed by atoms with van der Waals surface area (Å²) in [7, 11) is 0.